The van der Waals surface area contributed by atoms with Crippen LogP contribution in [0.25, 0.3) is 21.6 Å². The summed E-state index contributed by atoms with van der Waals surface area (Å²) < 4.78 is 28.5. The van der Waals surface area contributed by atoms with E-state index in [1.807, 2.05) is 43.6 Å². The van der Waals surface area contributed by atoms with E-state index < -0.39 is 10.0 Å². The number of benzene rings is 1. The minimum atomic E-state index is -3.64. The number of thiophene rings is 1. The van der Waals surface area contributed by atoms with E-state index in [0.717, 1.165) is 46.8 Å². The van der Waals surface area contributed by atoms with Gasteiger partial charge in [-0.2, -0.15) is 0 Å². The van der Waals surface area contributed by atoms with Gasteiger partial charge >= 0.3 is 0 Å². The van der Waals surface area contributed by atoms with Gasteiger partial charge in [-0.05, 0) is 62.0 Å². The smallest absolute Gasteiger partial charge is 0.273 e. The minimum absolute atomic E-state index is 0.336. The van der Waals surface area contributed by atoms with Gasteiger partial charge in [0.2, 0.25) is 0 Å². The minimum Gasteiger partial charge on any atom is -0.351 e. The van der Waals surface area contributed by atoms with Gasteiger partial charge in [0.25, 0.3) is 10.0 Å². The number of hydrogen-bond donors (Lipinski definition) is 1. The molecule has 1 fully saturated rings. The second-order valence-corrected chi connectivity index (χ2v) is 13.2. The second kappa shape index (κ2) is 10.0. The summed E-state index contributed by atoms with van der Waals surface area (Å²) in [7, 11) is -3.64. The van der Waals surface area contributed by atoms with Gasteiger partial charge in [0.05, 0.1) is 28.6 Å². The molecule has 1 saturated heterocycles. The van der Waals surface area contributed by atoms with Crippen molar-refractivity contribution in [1.82, 2.24) is 19.9 Å². The molecule has 10 heteroatoms. The van der Waals surface area contributed by atoms with E-state index in [-0.39, 0.29) is 0 Å². The molecule has 0 aliphatic carbocycles. The number of sulfonamides is 1. The van der Waals surface area contributed by atoms with Gasteiger partial charge in [-0.3, -0.25) is 14.2 Å². The molecule has 0 radical (unpaired) electrons. The lowest BCUT2D eigenvalue weighted by atomic mass is 10.1. The molecule has 1 aliphatic heterocycles. The van der Waals surface area contributed by atoms with Crippen molar-refractivity contribution < 1.29 is 8.42 Å². The van der Waals surface area contributed by atoms with E-state index in [1.54, 1.807) is 28.8 Å². The lowest BCUT2D eigenvalue weighted by molar-refractivity contribution is 0.246. The van der Waals surface area contributed by atoms with Crippen LogP contribution in [0.3, 0.4) is 0 Å². The molecule has 1 aliphatic rings. The standard InChI is InChI=1S/C27H27N5O2S3/c1-2-32(37(33,34)25-12-7-15-35-25)24-10-5-8-19-16-22(30-26(19)24)27-29-17-20(36-27)18-31-14-6-11-23(31)21-9-3-4-13-28-21/h3-5,7-10,12-13,15-17,23,30H,2,6,11,14,18H2,1H3. The summed E-state index contributed by atoms with van der Waals surface area (Å²) in [5.74, 6) is 0. The number of para-hydroxylation sites is 1. The fourth-order valence-corrected chi connectivity index (χ4v) is 8.58. The summed E-state index contributed by atoms with van der Waals surface area (Å²) in [6, 6.07) is 17.7. The topological polar surface area (TPSA) is 82.2 Å². The predicted molar refractivity (Wildman–Crippen MR) is 151 cm³/mol. The van der Waals surface area contributed by atoms with Gasteiger partial charge in [-0.15, -0.1) is 22.7 Å². The van der Waals surface area contributed by atoms with Crippen molar-refractivity contribution in [3.8, 4) is 10.7 Å². The second-order valence-electron chi connectivity index (χ2n) is 9.04. The third kappa shape index (κ3) is 4.59. The maximum absolute atomic E-state index is 13.3. The lowest BCUT2D eigenvalue weighted by Crippen LogP contribution is -2.30. The van der Waals surface area contributed by atoms with Crippen molar-refractivity contribution >= 4 is 49.3 Å². The predicted octanol–water partition coefficient (Wildman–Crippen LogP) is 6.30. The van der Waals surface area contributed by atoms with Crippen molar-refractivity contribution in [1.29, 1.82) is 0 Å². The van der Waals surface area contributed by atoms with Gasteiger partial charge in [0, 0.05) is 35.7 Å². The van der Waals surface area contributed by atoms with Crippen LogP contribution >= 0.6 is 22.7 Å². The fraction of sp³-hybridized carbons (Fsp3) is 0.259. The normalized spacial score (nSPS) is 16.5. The van der Waals surface area contributed by atoms with Crippen molar-refractivity contribution in [2.75, 3.05) is 17.4 Å². The molecule has 6 rings (SSSR count). The van der Waals surface area contributed by atoms with E-state index in [2.05, 4.69) is 33.1 Å². The Hall–Kier alpha value is -3.05. The maximum atomic E-state index is 13.3. The summed E-state index contributed by atoms with van der Waals surface area (Å²) >= 11 is 2.91. The monoisotopic (exact) mass is 549 g/mol. The number of thiazole rings is 1. The summed E-state index contributed by atoms with van der Waals surface area (Å²) in [5.41, 5.74) is 3.47. The number of rotatable bonds is 8. The van der Waals surface area contributed by atoms with Crippen molar-refractivity contribution in [2.24, 2.45) is 0 Å². The maximum Gasteiger partial charge on any atom is 0.273 e. The first-order valence-corrected chi connectivity index (χ1v) is 15.5. The molecular weight excluding hydrogens is 523 g/mol. The van der Waals surface area contributed by atoms with E-state index in [1.165, 1.54) is 26.9 Å². The summed E-state index contributed by atoms with van der Waals surface area (Å²) in [6.07, 6.45) is 6.11. The Labute approximate surface area is 224 Å². The summed E-state index contributed by atoms with van der Waals surface area (Å²) in [4.78, 5) is 16.5. The zero-order valence-corrected chi connectivity index (χ0v) is 22.8. The van der Waals surface area contributed by atoms with Crippen LogP contribution in [0.15, 0.2) is 76.6 Å². The molecule has 0 spiro atoms. The molecule has 4 aromatic heterocycles. The van der Waals surface area contributed by atoms with Crippen LogP contribution in [0.2, 0.25) is 0 Å². The third-order valence-corrected chi connectivity index (χ3v) is 11.0. The van der Waals surface area contributed by atoms with Crippen LogP contribution in [0, 0.1) is 0 Å². The molecule has 7 nitrogen and oxygen atoms in total. The van der Waals surface area contributed by atoms with Gasteiger partial charge in [-0.1, -0.05) is 24.3 Å². The number of anilines is 1. The number of fused-ring (bicyclic) bond motifs is 1. The highest BCUT2D eigenvalue weighted by Gasteiger charge is 2.28. The highest BCUT2D eigenvalue weighted by molar-refractivity contribution is 7.94. The Bertz CT molecular complexity index is 1610. The Balaban J connectivity index is 1.28. The molecule has 37 heavy (non-hydrogen) atoms. The van der Waals surface area contributed by atoms with Crippen LogP contribution in [0.5, 0.6) is 0 Å². The Kier molecular flexibility index (Phi) is 6.58. The molecule has 0 bridgehead atoms. The molecule has 5 aromatic rings. The molecule has 1 aromatic carbocycles. The Morgan fingerprint density at radius 1 is 1.14 bits per heavy atom. The Morgan fingerprint density at radius 2 is 2.05 bits per heavy atom. The Morgan fingerprint density at radius 3 is 2.84 bits per heavy atom. The van der Waals surface area contributed by atoms with E-state index >= 15 is 0 Å². The zero-order chi connectivity index (χ0) is 25.4. The van der Waals surface area contributed by atoms with Crippen LogP contribution in [-0.4, -0.2) is 41.4 Å². The summed E-state index contributed by atoms with van der Waals surface area (Å²) in [5, 5.41) is 3.64. The van der Waals surface area contributed by atoms with Gasteiger partial charge in [0.15, 0.2) is 0 Å². The van der Waals surface area contributed by atoms with Gasteiger partial charge in [0.1, 0.15) is 9.22 Å². The van der Waals surface area contributed by atoms with Gasteiger partial charge in [-0.25, -0.2) is 13.4 Å². The average molecular weight is 550 g/mol. The lowest BCUT2D eigenvalue weighted by Gasteiger charge is -2.23. The SMILES string of the molecule is CCN(c1cccc2cc(-c3ncc(CN4CCCC4c4ccccn4)s3)[nH]c12)S(=O)(=O)c1cccs1. The zero-order valence-electron chi connectivity index (χ0n) is 20.4. The van der Waals surface area contributed by atoms with Crippen LogP contribution in [0.4, 0.5) is 5.69 Å². The molecule has 0 amide bonds. The van der Waals surface area contributed by atoms with Crippen LogP contribution < -0.4 is 4.31 Å². The molecule has 0 saturated carbocycles. The van der Waals surface area contributed by atoms with E-state index in [4.69, 9.17) is 4.98 Å². The highest BCUT2D eigenvalue weighted by atomic mass is 32.2. The largest absolute Gasteiger partial charge is 0.351 e. The quantitative estimate of drug-likeness (QED) is 0.246. The average Bonchev–Trinajstić information content (AvgIpc) is 3.72. The van der Waals surface area contributed by atoms with Gasteiger partial charge < -0.3 is 4.98 Å². The molecule has 1 atom stereocenters. The number of likely N-dealkylation sites (tertiary alicyclic amines) is 1. The number of pyridine rings is 1. The van der Waals surface area contributed by atoms with Crippen LogP contribution in [0.1, 0.15) is 36.4 Å². The highest BCUT2D eigenvalue weighted by Crippen LogP contribution is 2.37. The van der Waals surface area contributed by atoms with Crippen LogP contribution in [-0.2, 0) is 16.6 Å². The number of nitrogens with one attached hydrogen (secondary N) is 1. The number of nitrogens with zero attached hydrogens (tertiary/aromatic N) is 4. The molecule has 1 N–H and O–H groups in total. The number of aromatic nitrogens is 3. The van der Waals surface area contributed by atoms with Crippen molar-refractivity contribution in [3.63, 3.8) is 0 Å². The molecule has 1 unspecified atom stereocenters. The number of H-pyrrole nitrogens is 1. The number of aromatic amines is 1. The van der Waals surface area contributed by atoms with Crippen molar-refractivity contribution in [2.45, 2.75) is 36.6 Å². The third-order valence-electron chi connectivity index (χ3n) is 6.77. The molecule has 5 heterocycles. The fourth-order valence-electron chi connectivity index (χ4n) is 5.08. The van der Waals surface area contributed by atoms with E-state index in [9.17, 15) is 8.42 Å². The molecule has 190 valence electrons. The molecular formula is C27H27N5O2S3. The van der Waals surface area contributed by atoms with E-state index in [0.29, 0.717) is 22.5 Å². The first-order chi connectivity index (χ1) is 18.0. The number of hydrogen-bond acceptors (Lipinski definition) is 7. The van der Waals surface area contributed by atoms with Crippen molar-refractivity contribution in [3.05, 3.63) is 82.9 Å². The first-order valence-electron chi connectivity index (χ1n) is 12.3. The first kappa shape index (κ1) is 24.3. The summed E-state index contributed by atoms with van der Waals surface area (Å²) in [6.45, 7) is 4.09.